The lowest BCUT2D eigenvalue weighted by Crippen LogP contribution is -2.22. The maximum Gasteiger partial charge on any atom is 0.573 e. The molecule has 0 bridgehead atoms. The highest BCUT2D eigenvalue weighted by Crippen LogP contribution is 2.23. The highest BCUT2D eigenvalue weighted by atomic mass is 19.4. The molecule has 0 radical (unpaired) electrons. The lowest BCUT2D eigenvalue weighted by Gasteiger charge is -2.10. The number of halogens is 3. The summed E-state index contributed by atoms with van der Waals surface area (Å²) in [5.41, 5.74) is 6.94. The number of nitrogens with two attached hydrogens (primary N) is 1. The predicted molar refractivity (Wildman–Crippen MR) is 73.1 cm³/mol. The molecule has 0 saturated heterocycles. The number of aliphatic imine (C=N–C) groups is 1. The maximum atomic E-state index is 12.0. The zero-order valence-electron chi connectivity index (χ0n) is 11.5. The second kappa shape index (κ2) is 6.33. The summed E-state index contributed by atoms with van der Waals surface area (Å²) in [5.74, 6) is -0.194. The Hall–Kier alpha value is -2.78. The van der Waals surface area contributed by atoms with Crippen LogP contribution in [-0.4, -0.2) is 27.3 Å². The maximum absolute atomic E-state index is 12.0. The molecule has 0 fully saturated rings. The van der Waals surface area contributed by atoms with Crippen LogP contribution in [0.1, 0.15) is 5.69 Å². The van der Waals surface area contributed by atoms with Crippen LogP contribution in [0.3, 0.4) is 0 Å². The van der Waals surface area contributed by atoms with Crippen molar-refractivity contribution in [1.29, 1.82) is 0 Å². The summed E-state index contributed by atoms with van der Waals surface area (Å²) in [7, 11) is 1.72. The monoisotopic (exact) mass is 314 g/mol. The van der Waals surface area contributed by atoms with Gasteiger partial charge >= 0.3 is 6.36 Å². The van der Waals surface area contributed by atoms with E-state index in [1.807, 2.05) is 0 Å². The fraction of sp³-hybridized carbons (Fsp3) is 0.250. The van der Waals surface area contributed by atoms with Gasteiger partial charge in [-0.15, -0.1) is 18.3 Å². The van der Waals surface area contributed by atoms with E-state index < -0.39 is 6.36 Å². The van der Waals surface area contributed by atoms with Crippen molar-refractivity contribution in [3.63, 3.8) is 0 Å². The van der Waals surface area contributed by atoms with Crippen molar-refractivity contribution in [3.8, 4) is 5.75 Å². The van der Waals surface area contributed by atoms with Gasteiger partial charge in [-0.1, -0.05) is 5.21 Å². The SMILES string of the molecule is Cn1nncc1CN=C(N)Nc1ccc(OC(F)(F)F)cc1. The van der Waals surface area contributed by atoms with Gasteiger partial charge in [-0.05, 0) is 24.3 Å². The third kappa shape index (κ3) is 4.65. The number of benzene rings is 1. The van der Waals surface area contributed by atoms with Gasteiger partial charge in [-0.3, -0.25) is 4.68 Å². The number of nitrogens with zero attached hydrogens (tertiary/aromatic N) is 4. The molecule has 10 heteroatoms. The summed E-state index contributed by atoms with van der Waals surface area (Å²) in [6.45, 7) is 0.275. The molecular formula is C12H13F3N6O. The van der Waals surface area contributed by atoms with Crippen LogP contribution in [0.2, 0.25) is 0 Å². The van der Waals surface area contributed by atoms with Gasteiger partial charge in [-0.25, -0.2) is 4.99 Å². The molecular weight excluding hydrogens is 301 g/mol. The van der Waals surface area contributed by atoms with Crippen LogP contribution in [0.4, 0.5) is 18.9 Å². The Bertz CT molecular complexity index is 650. The van der Waals surface area contributed by atoms with Crippen LogP contribution >= 0.6 is 0 Å². The van der Waals surface area contributed by atoms with Crippen molar-refractivity contribution in [3.05, 3.63) is 36.2 Å². The number of rotatable bonds is 4. The minimum absolute atomic E-state index is 0.116. The summed E-state index contributed by atoms with van der Waals surface area (Å²) in [5, 5.41) is 10.2. The van der Waals surface area contributed by atoms with Gasteiger partial charge < -0.3 is 15.8 Å². The zero-order valence-corrected chi connectivity index (χ0v) is 11.5. The fourth-order valence-electron chi connectivity index (χ4n) is 1.55. The first-order valence-corrected chi connectivity index (χ1v) is 6.10. The van der Waals surface area contributed by atoms with Gasteiger partial charge in [0.2, 0.25) is 0 Å². The lowest BCUT2D eigenvalue weighted by atomic mass is 10.3. The van der Waals surface area contributed by atoms with E-state index in [4.69, 9.17) is 5.73 Å². The third-order valence-corrected chi connectivity index (χ3v) is 2.58. The van der Waals surface area contributed by atoms with Crippen molar-refractivity contribution in [2.45, 2.75) is 12.9 Å². The smallest absolute Gasteiger partial charge is 0.406 e. The summed E-state index contributed by atoms with van der Waals surface area (Å²) >= 11 is 0. The Kier molecular flexibility index (Phi) is 4.49. The van der Waals surface area contributed by atoms with Crippen molar-refractivity contribution >= 4 is 11.6 Å². The van der Waals surface area contributed by atoms with Gasteiger partial charge in [0.15, 0.2) is 5.96 Å². The predicted octanol–water partition coefficient (Wildman–Crippen LogP) is 1.64. The van der Waals surface area contributed by atoms with Crippen LogP contribution in [0, 0.1) is 0 Å². The van der Waals surface area contributed by atoms with Crippen molar-refractivity contribution in [2.75, 3.05) is 5.32 Å². The van der Waals surface area contributed by atoms with Gasteiger partial charge in [-0.2, -0.15) is 0 Å². The number of ether oxygens (including phenoxy) is 1. The molecule has 1 heterocycles. The molecule has 7 nitrogen and oxygen atoms in total. The molecule has 1 aromatic carbocycles. The Morgan fingerprint density at radius 3 is 2.59 bits per heavy atom. The molecule has 0 spiro atoms. The van der Waals surface area contributed by atoms with Gasteiger partial charge in [0, 0.05) is 12.7 Å². The molecule has 2 aromatic rings. The van der Waals surface area contributed by atoms with Crippen molar-refractivity contribution in [1.82, 2.24) is 15.0 Å². The second-order valence-corrected chi connectivity index (χ2v) is 4.25. The van der Waals surface area contributed by atoms with Crippen LogP contribution in [-0.2, 0) is 13.6 Å². The number of aryl methyl sites for hydroxylation is 1. The third-order valence-electron chi connectivity index (χ3n) is 2.58. The number of hydrogen-bond acceptors (Lipinski definition) is 4. The average Bonchev–Trinajstić information content (AvgIpc) is 2.83. The van der Waals surface area contributed by atoms with Gasteiger partial charge in [0.1, 0.15) is 5.75 Å². The Morgan fingerprint density at radius 2 is 2.05 bits per heavy atom. The van der Waals surface area contributed by atoms with Gasteiger partial charge in [0.05, 0.1) is 18.4 Å². The first-order chi connectivity index (χ1) is 10.3. The van der Waals surface area contributed by atoms with Crippen LogP contribution in [0.5, 0.6) is 5.75 Å². The van der Waals surface area contributed by atoms with Gasteiger partial charge in [0.25, 0.3) is 0 Å². The van der Waals surface area contributed by atoms with E-state index in [1.54, 1.807) is 17.9 Å². The molecule has 1 aromatic heterocycles. The highest BCUT2D eigenvalue weighted by Gasteiger charge is 2.30. The fourth-order valence-corrected chi connectivity index (χ4v) is 1.55. The molecule has 22 heavy (non-hydrogen) atoms. The summed E-state index contributed by atoms with van der Waals surface area (Å²) in [4.78, 5) is 4.08. The molecule has 0 aliphatic rings. The number of hydrogen-bond donors (Lipinski definition) is 2. The second-order valence-electron chi connectivity index (χ2n) is 4.25. The molecule has 0 amide bonds. The van der Waals surface area contributed by atoms with E-state index >= 15 is 0 Å². The van der Waals surface area contributed by atoms with Crippen LogP contribution in [0.15, 0.2) is 35.5 Å². The lowest BCUT2D eigenvalue weighted by molar-refractivity contribution is -0.274. The van der Waals surface area contributed by atoms with E-state index in [1.165, 1.54) is 24.3 Å². The molecule has 0 aliphatic heterocycles. The number of nitrogens with one attached hydrogen (secondary N) is 1. The minimum atomic E-state index is -4.72. The van der Waals surface area contributed by atoms with E-state index in [-0.39, 0.29) is 18.3 Å². The Balaban J connectivity index is 1.94. The Labute approximate surface area is 123 Å². The molecule has 0 aliphatic carbocycles. The number of alkyl halides is 3. The molecule has 0 saturated carbocycles. The first-order valence-electron chi connectivity index (χ1n) is 6.10. The number of aromatic nitrogens is 3. The van der Waals surface area contributed by atoms with E-state index in [9.17, 15) is 13.2 Å². The topological polar surface area (TPSA) is 90.4 Å². The van der Waals surface area contributed by atoms with Crippen molar-refractivity contribution in [2.24, 2.45) is 17.8 Å². The number of anilines is 1. The summed E-state index contributed by atoms with van der Waals surface area (Å²) in [6, 6.07) is 5.15. The normalized spacial score (nSPS) is 12.3. The number of guanidine groups is 1. The molecule has 3 N–H and O–H groups in total. The highest BCUT2D eigenvalue weighted by molar-refractivity contribution is 5.92. The van der Waals surface area contributed by atoms with Crippen LogP contribution < -0.4 is 15.8 Å². The standard InChI is InChI=1S/C12H13F3N6O/c1-21-9(7-18-20-21)6-17-11(16)19-8-2-4-10(5-3-8)22-12(13,14)15/h2-5,7H,6H2,1H3,(H3,16,17,19). The molecule has 2 rings (SSSR count). The van der Waals surface area contributed by atoms with E-state index in [2.05, 4.69) is 25.4 Å². The molecule has 118 valence electrons. The molecule has 0 unspecified atom stereocenters. The minimum Gasteiger partial charge on any atom is -0.406 e. The van der Waals surface area contributed by atoms with Crippen molar-refractivity contribution < 1.29 is 17.9 Å². The largest absolute Gasteiger partial charge is 0.573 e. The zero-order chi connectivity index (χ0) is 16.2. The summed E-state index contributed by atoms with van der Waals surface area (Å²) < 4.78 is 41.4. The van der Waals surface area contributed by atoms with Crippen LogP contribution in [0.25, 0.3) is 0 Å². The van der Waals surface area contributed by atoms with E-state index in [0.29, 0.717) is 5.69 Å². The van der Waals surface area contributed by atoms with E-state index in [0.717, 1.165) is 5.69 Å². The average molecular weight is 314 g/mol. The first kappa shape index (κ1) is 15.6. The Morgan fingerprint density at radius 1 is 1.36 bits per heavy atom. The molecule has 0 atom stereocenters. The quantitative estimate of drug-likeness (QED) is 0.661. The summed E-state index contributed by atoms with van der Waals surface area (Å²) in [6.07, 6.45) is -3.16.